The van der Waals surface area contributed by atoms with Crippen LogP contribution in [0.1, 0.15) is 10.4 Å². The normalized spacial score (nSPS) is 11.7. The van der Waals surface area contributed by atoms with Crippen LogP contribution in [-0.2, 0) is 18.7 Å². The number of aromatic carboxylic acids is 1. The fourth-order valence-corrected chi connectivity index (χ4v) is 2.58. The molecule has 7 N–H and O–H groups in total. The van der Waals surface area contributed by atoms with Gasteiger partial charge in [-0.2, -0.15) is 0 Å². The summed E-state index contributed by atoms with van der Waals surface area (Å²) in [6, 6.07) is 3.00. The Morgan fingerprint density at radius 1 is 0.800 bits per heavy atom. The lowest BCUT2D eigenvalue weighted by Gasteiger charge is -2.11. The minimum absolute atomic E-state index is 0.190. The van der Waals surface area contributed by atoms with Crippen molar-refractivity contribution < 1.29 is 48.2 Å². The van der Waals surface area contributed by atoms with E-state index in [2.05, 4.69) is 10.6 Å². The van der Waals surface area contributed by atoms with E-state index >= 15 is 0 Å². The molecule has 0 saturated heterocycles. The zero-order valence-electron chi connectivity index (χ0n) is 12.3. The largest absolute Gasteiger partial charge is 0.478 e. The molecule has 12 nitrogen and oxygen atoms in total. The molecule has 14 heteroatoms. The molecule has 0 bridgehead atoms. The van der Waals surface area contributed by atoms with Crippen LogP contribution in [0.25, 0.3) is 0 Å². The second kappa shape index (κ2) is 7.87. The third-order valence-corrected chi connectivity index (χ3v) is 3.84. The maximum atomic E-state index is 11.5. The van der Waals surface area contributed by atoms with Crippen LogP contribution in [0.5, 0.6) is 0 Å². The monoisotopic (exact) mass is 396 g/mol. The molecule has 1 rings (SSSR count). The third-order valence-electron chi connectivity index (χ3n) is 2.45. The molecule has 1 aromatic rings. The Kier molecular flexibility index (Phi) is 6.61. The Bertz CT molecular complexity index is 740. The second-order valence-electron chi connectivity index (χ2n) is 4.85. The summed E-state index contributed by atoms with van der Waals surface area (Å²) in [4.78, 5) is 68.9. The van der Waals surface area contributed by atoms with E-state index in [0.29, 0.717) is 0 Å². The highest BCUT2D eigenvalue weighted by Gasteiger charge is 2.21. The Hall–Kier alpha value is -2.07. The van der Waals surface area contributed by atoms with Crippen molar-refractivity contribution in [1.82, 2.24) is 0 Å². The van der Waals surface area contributed by atoms with E-state index in [0.717, 1.165) is 18.2 Å². The van der Waals surface area contributed by atoms with Crippen LogP contribution in [0.2, 0.25) is 0 Å². The number of hydrogen-bond donors (Lipinski definition) is 7. The molecule has 0 aliphatic heterocycles. The summed E-state index contributed by atoms with van der Waals surface area (Å²) in [6.07, 6.45) is -2.27. The average Bonchev–Trinajstić information content (AvgIpc) is 2.32. The van der Waals surface area contributed by atoms with Gasteiger partial charge in [-0.1, -0.05) is 0 Å². The molecule has 0 saturated carbocycles. The molecule has 1 aromatic carbocycles. The standard InChI is InChI=1S/C11H14N2O10P2/c14-9(4-24(18,19)20)12-7-1-6(11(16)17)2-8(3-7)13-10(15)5-25(21,22)23/h1-3H,4-5H2,(H,12,14)(H,13,15)(H,16,17)(H2,18,19,20)(H2,21,22,23). The van der Waals surface area contributed by atoms with Crippen LogP contribution in [-0.4, -0.2) is 54.8 Å². The van der Waals surface area contributed by atoms with Gasteiger partial charge in [0.2, 0.25) is 11.8 Å². The fraction of sp³-hybridized carbons (Fsp3) is 0.182. The predicted octanol–water partition coefficient (Wildman–Crippen LogP) is -0.383. The number of carboxylic acids is 1. The quantitative estimate of drug-likeness (QED) is 0.297. The van der Waals surface area contributed by atoms with E-state index in [4.69, 9.17) is 24.7 Å². The van der Waals surface area contributed by atoms with E-state index in [-0.39, 0.29) is 16.9 Å². The summed E-state index contributed by atoms with van der Waals surface area (Å²) in [6.45, 7) is 0. The lowest BCUT2D eigenvalue weighted by molar-refractivity contribution is -0.114. The van der Waals surface area contributed by atoms with Crippen molar-refractivity contribution in [2.45, 2.75) is 0 Å². The topological polar surface area (TPSA) is 211 Å². The average molecular weight is 396 g/mol. The maximum Gasteiger partial charge on any atom is 0.335 e. The number of anilines is 2. The third kappa shape index (κ3) is 8.54. The van der Waals surface area contributed by atoms with Gasteiger partial charge in [-0.3, -0.25) is 18.7 Å². The van der Waals surface area contributed by atoms with Crippen LogP contribution in [0, 0.1) is 0 Å². The summed E-state index contributed by atoms with van der Waals surface area (Å²) in [5.74, 6) is -3.62. The number of rotatable bonds is 7. The molecule has 2 amide bonds. The van der Waals surface area contributed by atoms with Gasteiger partial charge in [0.1, 0.15) is 12.3 Å². The van der Waals surface area contributed by atoms with Gasteiger partial charge in [0.05, 0.1) is 5.56 Å². The molecule has 0 heterocycles. The summed E-state index contributed by atoms with van der Waals surface area (Å²) in [5, 5.41) is 13.1. The van der Waals surface area contributed by atoms with Gasteiger partial charge in [-0.15, -0.1) is 0 Å². The molecule has 0 spiro atoms. The van der Waals surface area contributed by atoms with Crippen LogP contribution >= 0.6 is 15.2 Å². The van der Waals surface area contributed by atoms with Crippen LogP contribution in [0.3, 0.4) is 0 Å². The van der Waals surface area contributed by atoms with E-state index in [1.807, 2.05) is 0 Å². The number of benzene rings is 1. The SMILES string of the molecule is O=C(CP(=O)(O)O)Nc1cc(NC(=O)CP(=O)(O)O)cc(C(=O)O)c1. The molecular weight excluding hydrogens is 382 g/mol. The molecule has 0 aliphatic carbocycles. The molecular formula is C11H14N2O10P2. The lowest BCUT2D eigenvalue weighted by Crippen LogP contribution is -2.18. The zero-order chi connectivity index (χ0) is 19.4. The Labute approximate surface area is 140 Å². The van der Waals surface area contributed by atoms with Crippen molar-refractivity contribution in [2.75, 3.05) is 23.0 Å². The van der Waals surface area contributed by atoms with E-state index < -0.39 is 45.3 Å². The van der Waals surface area contributed by atoms with Crippen molar-refractivity contribution in [3.63, 3.8) is 0 Å². The number of carbonyl (C=O) groups excluding carboxylic acids is 2. The van der Waals surface area contributed by atoms with E-state index in [1.54, 1.807) is 0 Å². The first-order valence-corrected chi connectivity index (χ1v) is 9.92. The summed E-state index contributed by atoms with van der Waals surface area (Å²) in [7, 11) is -9.26. The van der Waals surface area contributed by atoms with E-state index in [1.165, 1.54) is 0 Å². The molecule has 0 atom stereocenters. The van der Waals surface area contributed by atoms with E-state index in [9.17, 15) is 23.5 Å². The minimum atomic E-state index is -4.63. The highest BCUT2D eigenvalue weighted by Crippen LogP contribution is 2.35. The summed E-state index contributed by atoms with van der Waals surface area (Å²) in [5.41, 5.74) is -0.768. The zero-order valence-corrected chi connectivity index (χ0v) is 14.1. The second-order valence-corrected chi connectivity index (χ2v) is 8.14. The maximum absolute atomic E-state index is 11.5. The van der Waals surface area contributed by atoms with Gasteiger partial charge in [0, 0.05) is 11.4 Å². The Morgan fingerprint density at radius 2 is 1.16 bits per heavy atom. The van der Waals surface area contributed by atoms with Gasteiger partial charge in [0.15, 0.2) is 0 Å². The smallest absolute Gasteiger partial charge is 0.335 e. The number of carboxylic acid groups (broad SMARTS) is 1. The van der Waals surface area contributed by atoms with Gasteiger partial charge in [0.25, 0.3) is 0 Å². The van der Waals surface area contributed by atoms with Gasteiger partial charge in [-0.25, -0.2) is 4.79 Å². The van der Waals surface area contributed by atoms with Crippen molar-refractivity contribution in [3.05, 3.63) is 23.8 Å². The summed E-state index contributed by atoms with van der Waals surface area (Å²) < 4.78 is 21.5. The first kappa shape index (κ1) is 21.0. The number of hydrogen-bond acceptors (Lipinski definition) is 5. The Balaban J connectivity index is 3.03. The van der Waals surface area contributed by atoms with Crippen molar-refractivity contribution >= 4 is 44.3 Å². The van der Waals surface area contributed by atoms with Crippen molar-refractivity contribution in [2.24, 2.45) is 0 Å². The van der Waals surface area contributed by atoms with Crippen LogP contribution < -0.4 is 10.6 Å². The number of amides is 2. The summed E-state index contributed by atoms with van der Waals surface area (Å²) >= 11 is 0. The minimum Gasteiger partial charge on any atom is -0.478 e. The van der Waals surface area contributed by atoms with Gasteiger partial charge < -0.3 is 35.3 Å². The van der Waals surface area contributed by atoms with Crippen molar-refractivity contribution in [3.8, 4) is 0 Å². The first-order chi connectivity index (χ1) is 11.2. The highest BCUT2D eigenvalue weighted by atomic mass is 31.2. The first-order valence-electron chi connectivity index (χ1n) is 6.32. The highest BCUT2D eigenvalue weighted by molar-refractivity contribution is 7.53. The molecule has 25 heavy (non-hydrogen) atoms. The molecule has 0 radical (unpaired) electrons. The van der Waals surface area contributed by atoms with Gasteiger partial charge in [-0.05, 0) is 18.2 Å². The predicted molar refractivity (Wildman–Crippen MR) is 84.5 cm³/mol. The van der Waals surface area contributed by atoms with Crippen LogP contribution in [0.15, 0.2) is 18.2 Å². The number of nitrogens with one attached hydrogen (secondary N) is 2. The van der Waals surface area contributed by atoms with Gasteiger partial charge >= 0.3 is 21.2 Å². The molecule has 0 aromatic heterocycles. The fourth-order valence-electron chi connectivity index (χ4n) is 1.67. The molecule has 0 unspecified atom stereocenters. The molecule has 0 aliphatic rings. The number of carbonyl (C=O) groups is 3. The Morgan fingerprint density at radius 3 is 1.44 bits per heavy atom. The lowest BCUT2D eigenvalue weighted by atomic mass is 10.1. The van der Waals surface area contributed by atoms with Crippen LogP contribution in [0.4, 0.5) is 11.4 Å². The van der Waals surface area contributed by atoms with Crippen molar-refractivity contribution in [1.29, 1.82) is 0 Å². The molecule has 138 valence electrons. The molecule has 0 fully saturated rings.